The first kappa shape index (κ1) is 12.0. The van der Waals surface area contributed by atoms with Gasteiger partial charge in [0.05, 0.1) is 0 Å². The van der Waals surface area contributed by atoms with Crippen LogP contribution in [0.1, 0.15) is 48.5 Å². The second kappa shape index (κ2) is 4.22. The topological polar surface area (TPSA) is 3.24 Å². The number of rotatable bonds is 1. The average molecular weight is 197 g/mol. The van der Waals surface area contributed by atoms with Crippen LogP contribution in [0.2, 0.25) is 0 Å². The van der Waals surface area contributed by atoms with E-state index in [1.54, 1.807) is 0 Å². The Bertz CT molecular complexity index is 172. The van der Waals surface area contributed by atoms with Gasteiger partial charge in [-0.05, 0) is 45.4 Å². The summed E-state index contributed by atoms with van der Waals surface area (Å²) >= 11 is 0. The lowest BCUT2D eigenvalue weighted by molar-refractivity contribution is -0.0312. The van der Waals surface area contributed by atoms with Gasteiger partial charge in [0.15, 0.2) is 0 Å². The zero-order valence-electron chi connectivity index (χ0n) is 10.9. The van der Waals surface area contributed by atoms with Crippen molar-refractivity contribution in [1.29, 1.82) is 0 Å². The molecule has 1 aliphatic rings. The largest absolute Gasteiger partial charge is 0.295 e. The molecule has 4 atom stereocenters. The summed E-state index contributed by atoms with van der Waals surface area (Å²) in [4.78, 5) is 2.69. The van der Waals surface area contributed by atoms with Gasteiger partial charge in [-0.1, -0.05) is 20.8 Å². The molecule has 0 spiro atoms. The minimum absolute atomic E-state index is 0.678. The molecule has 1 heteroatoms. The van der Waals surface area contributed by atoms with E-state index >= 15 is 0 Å². The lowest BCUT2D eigenvalue weighted by Crippen LogP contribution is -2.57. The van der Waals surface area contributed by atoms with Gasteiger partial charge in [-0.25, -0.2) is 0 Å². The molecular formula is C13H27N. The van der Waals surface area contributed by atoms with Gasteiger partial charge in [-0.15, -0.1) is 0 Å². The predicted octanol–water partition coefficient (Wildman–Crippen LogP) is 3.40. The molecule has 0 aromatic rings. The van der Waals surface area contributed by atoms with Gasteiger partial charge in [0.1, 0.15) is 0 Å². The highest BCUT2D eigenvalue weighted by Gasteiger charge is 2.40. The normalized spacial score (nSPS) is 45.9. The Labute approximate surface area is 89.9 Å². The fraction of sp³-hybridized carbons (Fsp3) is 1.00. The maximum atomic E-state index is 2.69. The third-order valence-electron chi connectivity index (χ3n) is 4.72. The van der Waals surface area contributed by atoms with Gasteiger partial charge in [0.2, 0.25) is 0 Å². The molecule has 1 aliphatic heterocycles. The maximum Gasteiger partial charge on any atom is 0.0101 e. The van der Waals surface area contributed by atoms with Crippen LogP contribution in [-0.4, -0.2) is 23.0 Å². The fourth-order valence-corrected chi connectivity index (χ4v) is 3.21. The van der Waals surface area contributed by atoms with E-state index in [9.17, 15) is 0 Å². The monoisotopic (exact) mass is 197 g/mol. The Morgan fingerprint density at radius 2 is 1.07 bits per heavy atom. The molecule has 0 aromatic carbocycles. The number of piperidine rings is 1. The van der Waals surface area contributed by atoms with Gasteiger partial charge in [-0.3, -0.25) is 4.90 Å². The van der Waals surface area contributed by atoms with E-state index in [0.29, 0.717) is 6.04 Å². The molecule has 0 aromatic heterocycles. The van der Waals surface area contributed by atoms with E-state index in [-0.39, 0.29) is 0 Å². The van der Waals surface area contributed by atoms with Crippen LogP contribution in [0.25, 0.3) is 0 Å². The lowest BCUT2D eigenvalue weighted by atomic mass is 9.72. The van der Waals surface area contributed by atoms with Crippen molar-refractivity contribution in [3.8, 4) is 0 Å². The van der Waals surface area contributed by atoms with Crippen molar-refractivity contribution in [2.45, 2.75) is 66.6 Å². The minimum Gasteiger partial charge on any atom is -0.295 e. The quantitative estimate of drug-likeness (QED) is 0.623. The second-order valence-corrected chi connectivity index (χ2v) is 5.60. The van der Waals surface area contributed by atoms with Gasteiger partial charge < -0.3 is 0 Å². The van der Waals surface area contributed by atoms with Gasteiger partial charge in [0.25, 0.3) is 0 Å². The van der Waals surface area contributed by atoms with Crippen LogP contribution < -0.4 is 0 Å². The molecule has 14 heavy (non-hydrogen) atoms. The van der Waals surface area contributed by atoms with Gasteiger partial charge in [0, 0.05) is 18.1 Å². The van der Waals surface area contributed by atoms with Crippen molar-refractivity contribution < 1.29 is 0 Å². The van der Waals surface area contributed by atoms with E-state index in [0.717, 1.165) is 29.8 Å². The number of likely N-dealkylation sites (tertiary alicyclic amines) is 1. The molecule has 0 N–H and O–H groups in total. The summed E-state index contributed by atoms with van der Waals surface area (Å²) in [5, 5.41) is 0. The van der Waals surface area contributed by atoms with Gasteiger partial charge >= 0.3 is 0 Å². The van der Waals surface area contributed by atoms with Crippen LogP contribution in [0.4, 0.5) is 0 Å². The summed E-state index contributed by atoms with van der Waals surface area (Å²) in [5.41, 5.74) is 0. The summed E-state index contributed by atoms with van der Waals surface area (Å²) in [6.45, 7) is 16.7. The van der Waals surface area contributed by atoms with E-state index in [4.69, 9.17) is 0 Å². The number of nitrogens with zero attached hydrogens (tertiary/aromatic N) is 1. The second-order valence-electron chi connectivity index (χ2n) is 5.60. The Kier molecular flexibility index (Phi) is 3.63. The zero-order valence-corrected chi connectivity index (χ0v) is 10.9. The molecular weight excluding hydrogens is 170 g/mol. The molecule has 1 heterocycles. The molecule has 1 saturated heterocycles. The summed E-state index contributed by atoms with van der Waals surface area (Å²) in [6.07, 6.45) is 0. The third-order valence-corrected chi connectivity index (χ3v) is 4.72. The number of hydrogen-bond donors (Lipinski definition) is 0. The lowest BCUT2D eigenvalue weighted by Gasteiger charge is -2.51. The first-order chi connectivity index (χ1) is 6.37. The first-order valence-corrected chi connectivity index (χ1v) is 6.15. The molecule has 0 radical (unpaired) electrons. The highest BCUT2D eigenvalue weighted by molar-refractivity contribution is 4.92. The Hall–Kier alpha value is -0.0400. The Morgan fingerprint density at radius 3 is 1.36 bits per heavy atom. The molecule has 0 amide bonds. The summed E-state index contributed by atoms with van der Waals surface area (Å²) in [5.74, 6) is 2.50. The Morgan fingerprint density at radius 1 is 0.714 bits per heavy atom. The molecule has 0 bridgehead atoms. The van der Waals surface area contributed by atoms with Crippen LogP contribution in [0.3, 0.4) is 0 Å². The molecule has 0 aliphatic carbocycles. The van der Waals surface area contributed by atoms with Gasteiger partial charge in [-0.2, -0.15) is 0 Å². The van der Waals surface area contributed by atoms with Crippen molar-refractivity contribution in [1.82, 2.24) is 4.90 Å². The van der Waals surface area contributed by atoms with E-state index in [1.165, 1.54) is 0 Å². The number of hydrogen-bond acceptors (Lipinski definition) is 1. The fourth-order valence-electron chi connectivity index (χ4n) is 3.21. The van der Waals surface area contributed by atoms with E-state index < -0.39 is 0 Å². The van der Waals surface area contributed by atoms with Crippen molar-refractivity contribution in [2.24, 2.45) is 17.8 Å². The van der Waals surface area contributed by atoms with E-state index in [2.05, 4.69) is 53.4 Å². The average Bonchev–Trinajstić information content (AvgIpc) is 2.11. The van der Waals surface area contributed by atoms with Crippen molar-refractivity contribution in [2.75, 3.05) is 0 Å². The standard InChI is InChI=1S/C13H27N/c1-8(2)14-12(6)10(4)9(3)11(5)13(14)7/h8-13H,1-7H3. The van der Waals surface area contributed by atoms with Crippen molar-refractivity contribution in [3.05, 3.63) is 0 Å². The molecule has 1 rings (SSSR count). The molecule has 84 valence electrons. The van der Waals surface area contributed by atoms with Crippen LogP contribution in [0.15, 0.2) is 0 Å². The van der Waals surface area contributed by atoms with Crippen LogP contribution in [0, 0.1) is 17.8 Å². The maximum absolute atomic E-state index is 2.69. The van der Waals surface area contributed by atoms with Crippen molar-refractivity contribution >= 4 is 0 Å². The van der Waals surface area contributed by atoms with Crippen LogP contribution in [-0.2, 0) is 0 Å². The predicted molar refractivity (Wildman–Crippen MR) is 63.4 cm³/mol. The summed E-state index contributed by atoms with van der Waals surface area (Å²) in [6, 6.07) is 2.14. The smallest absolute Gasteiger partial charge is 0.0101 e. The van der Waals surface area contributed by atoms with Crippen LogP contribution in [0.5, 0.6) is 0 Å². The minimum atomic E-state index is 0.678. The summed E-state index contributed by atoms with van der Waals surface area (Å²) < 4.78 is 0. The highest BCUT2D eigenvalue weighted by atomic mass is 15.2. The Balaban J connectivity index is 2.86. The van der Waals surface area contributed by atoms with Crippen molar-refractivity contribution in [3.63, 3.8) is 0 Å². The molecule has 1 fully saturated rings. The van der Waals surface area contributed by atoms with Crippen LogP contribution >= 0.6 is 0 Å². The molecule has 4 unspecified atom stereocenters. The first-order valence-electron chi connectivity index (χ1n) is 6.15. The SMILES string of the molecule is CC1C(C)C(C)N(C(C)C)C(C)C1C. The summed E-state index contributed by atoms with van der Waals surface area (Å²) in [7, 11) is 0. The van der Waals surface area contributed by atoms with E-state index in [1.807, 2.05) is 0 Å². The molecule has 1 nitrogen and oxygen atoms in total. The highest BCUT2D eigenvalue weighted by Crippen LogP contribution is 2.37. The molecule has 0 saturated carbocycles. The third kappa shape index (κ3) is 1.84. The zero-order chi connectivity index (χ0) is 11.0.